The van der Waals surface area contributed by atoms with Gasteiger partial charge in [-0.3, -0.25) is 0 Å². The van der Waals surface area contributed by atoms with Crippen LogP contribution in [-0.4, -0.2) is 18.5 Å². The van der Waals surface area contributed by atoms with Crippen molar-refractivity contribution in [3.05, 3.63) is 18.0 Å². The zero-order valence-electron chi connectivity index (χ0n) is 11.7. The third-order valence-electron chi connectivity index (χ3n) is 2.42. The Bertz CT molecular complexity index is 510. The molecule has 0 unspecified atom stereocenters. The summed E-state index contributed by atoms with van der Waals surface area (Å²) in [7, 11) is -3.49. The first-order valence-corrected chi connectivity index (χ1v) is 7.50. The Morgan fingerprint density at radius 3 is 2.28 bits per heavy atom. The van der Waals surface area contributed by atoms with Crippen molar-refractivity contribution in [3.63, 3.8) is 0 Å². The lowest BCUT2D eigenvalue weighted by molar-refractivity contribution is 0.491. The summed E-state index contributed by atoms with van der Waals surface area (Å²) in [5, 5.41) is 0. The average Bonchev–Trinajstić information content (AvgIpc) is 2.57. The average molecular weight is 273 g/mol. The van der Waals surface area contributed by atoms with Gasteiger partial charge in [-0.25, -0.2) is 13.1 Å². The molecule has 1 rings (SSSR count). The predicted molar refractivity (Wildman–Crippen MR) is 72.8 cm³/mol. The maximum atomic E-state index is 12.2. The molecule has 0 aliphatic carbocycles. The monoisotopic (exact) mass is 273 g/mol. The van der Waals surface area contributed by atoms with E-state index in [2.05, 4.69) is 4.72 Å². The van der Waals surface area contributed by atoms with E-state index < -0.39 is 15.6 Å². The zero-order chi connectivity index (χ0) is 14.1. The first-order chi connectivity index (χ1) is 8.07. The van der Waals surface area contributed by atoms with Crippen molar-refractivity contribution < 1.29 is 8.42 Å². The molecule has 3 N–H and O–H groups in total. The van der Waals surface area contributed by atoms with E-state index in [1.54, 1.807) is 12.3 Å². The summed E-state index contributed by atoms with van der Waals surface area (Å²) < 4.78 is 28.9. The highest BCUT2D eigenvalue weighted by Crippen LogP contribution is 2.19. The van der Waals surface area contributed by atoms with Gasteiger partial charge in [-0.15, -0.1) is 0 Å². The van der Waals surface area contributed by atoms with E-state index >= 15 is 0 Å². The Kier molecular flexibility index (Phi) is 4.25. The minimum Gasteiger partial charge on any atom is -0.346 e. The molecule has 0 saturated heterocycles. The van der Waals surface area contributed by atoms with Crippen molar-refractivity contribution in [1.29, 1.82) is 0 Å². The second kappa shape index (κ2) is 5.03. The number of nitrogens with one attached hydrogen (secondary N) is 1. The van der Waals surface area contributed by atoms with E-state index in [1.807, 2.05) is 39.2 Å². The van der Waals surface area contributed by atoms with E-state index in [9.17, 15) is 8.42 Å². The number of hydrogen-bond acceptors (Lipinski definition) is 3. The molecule has 1 aromatic rings. The van der Waals surface area contributed by atoms with Crippen LogP contribution in [0, 0.1) is 0 Å². The molecule has 6 heteroatoms. The highest BCUT2D eigenvalue weighted by Gasteiger charge is 2.24. The quantitative estimate of drug-likeness (QED) is 0.875. The van der Waals surface area contributed by atoms with Crippen LogP contribution >= 0.6 is 0 Å². The highest BCUT2D eigenvalue weighted by molar-refractivity contribution is 7.89. The third kappa shape index (κ3) is 3.57. The summed E-state index contributed by atoms with van der Waals surface area (Å²) in [6.45, 7) is 9.75. The van der Waals surface area contributed by atoms with Crippen LogP contribution in [0.5, 0.6) is 0 Å². The van der Waals surface area contributed by atoms with Gasteiger partial charge in [0.05, 0.1) is 4.90 Å². The van der Waals surface area contributed by atoms with Crippen LogP contribution in [0.2, 0.25) is 0 Å². The van der Waals surface area contributed by atoms with Crippen molar-refractivity contribution in [2.45, 2.75) is 57.6 Å². The number of nitrogens with zero attached hydrogens (tertiary/aromatic N) is 1. The van der Waals surface area contributed by atoms with E-state index in [1.165, 1.54) is 0 Å². The Hall–Kier alpha value is -0.850. The molecule has 0 saturated carbocycles. The Morgan fingerprint density at radius 2 is 1.94 bits per heavy atom. The minimum absolute atomic E-state index is 0.183. The van der Waals surface area contributed by atoms with Crippen LogP contribution in [0.3, 0.4) is 0 Å². The molecule has 18 heavy (non-hydrogen) atoms. The van der Waals surface area contributed by atoms with Gasteiger partial charge in [0.25, 0.3) is 0 Å². The molecular weight excluding hydrogens is 250 g/mol. The highest BCUT2D eigenvalue weighted by atomic mass is 32.2. The first kappa shape index (κ1) is 15.2. The number of hydrogen-bond donors (Lipinski definition) is 2. The van der Waals surface area contributed by atoms with Crippen LogP contribution in [-0.2, 0) is 16.6 Å². The smallest absolute Gasteiger partial charge is 0.242 e. The summed E-state index contributed by atoms with van der Waals surface area (Å²) in [6, 6.07) is 1.82. The van der Waals surface area contributed by atoms with Crippen molar-refractivity contribution in [3.8, 4) is 0 Å². The minimum atomic E-state index is -3.49. The summed E-state index contributed by atoms with van der Waals surface area (Å²) in [5.41, 5.74) is 5.96. The van der Waals surface area contributed by atoms with Crippen LogP contribution in [0.1, 0.15) is 46.4 Å². The fraction of sp³-hybridized carbons (Fsp3) is 0.667. The van der Waals surface area contributed by atoms with Gasteiger partial charge in [0.2, 0.25) is 10.0 Å². The largest absolute Gasteiger partial charge is 0.346 e. The third-order valence-corrected chi connectivity index (χ3v) is 4.15. The number of nitrogens with two attached hydrogens (primary N) is 1. The van der Waals surface area contributed by atoms with Gasteiger partial charge < -0.3 is 10.3 Å². The SMILES string of the molecule is CC(C)n1cc(S(=O)(=O)NC(C)(C)C)cc1CN. The molecule has 0 spiro atoms. The molecule has 1 aromatic heterocycles. The maximum absolute atomic E-state index is 12.2. The second-order valence-electron chi connectivity index (χ2n) is 5.73. The standard InChI is InChI=1S/C12H23N3O2S/c1-9(2)15-8-11(6-10(15)7-13)18(16,17)14-12(3,4)5/h6,8-9,14H,7,13H2,1-5H3. The number of aromatic nitrogens is 1. The summed E-state index contributed by atoms with van der Waals surface area (Å²) in [6.07, 6.45) is 1.64. The van der Waals surface area contributed by atoms with Crippen LogP contribution in [0.15, 0.2) is 17.2 Å². The summed E-state index contributed by atoms with van der Waals surface area (Å²) in [5.74, 6) is 0. The molecule has 0 radical (unpaired) electrons. The Balaban J connectivity index is 3.18. The molecule has 0 fully saturated rings. The van der Waals surface area contributed by atoms with Crippen molar-refractivity contribution in [2.75, 3.05) is 0 Å². The van der Waals surface area contributed by atoms with Crippen LogP contribution in [0.25, 0.3) is 0 Å². The first-order valence-electron chi connectivity index (χ1n) is 6.01. The van der Waals surface area contributed by atoms with Gasteiger partial charge in [0.15, 0.2) is 0 Å². The van der Waals surface area contributed by atoms with Gasteiger partial charge in [-0.05, 0) is 40.7 Å². The normalized spacial score (nSPS) is 13.3. The van der Waals surface area contributed by atoms with Crippen LogP contribution in [0.4, 0.5) is 0 Å². The molecule has 0 aliphatic rings. The molecule has 0 amide bonds. The summed E-state index contributed by atoms with van der Waals surface area (Å²) >= 11 is 0. The van der Waals surface area contributed by atoms with Gasteiger partial charge in [0.1, 0.15) is 0 Å². The second-order valence-corrected chi connectivity index (χ2v) is 7.41. The molecule has 0 atom stereocenters. The molecular formula is C12H23N3O2S. The molecule has 5 nitrogen and oxygen atoms in total. The zero-order valence-corrected chi connectivity index (χ0v) is 12.5. The van der Waals surface area contributed by atoms with Gasteiger partial charge in [0, 0.05) is 30.0 Å². The fourth-order valence-electron chi connectivity index (χ4n) is 1.75. The van der Waals surface area contributed by atoms with Crippen molar-refractivity contribution in [2.24, 2.45) is 5.73 Å². The van der Waals surface area contributed by atoms with E-state index in [0.29, 0.717) is 6.54 Å². The number of rotatable bonds is 4. The fourth-order valence-corrected chi connectivity index (χ4v) is 3.22. The van der Waals surface area contributed by atoms with E-state index in [-0.39, 0.29) is 10.9 Å². The lowest BCUT2D eigenvalue weighted by Crippen LogP contribution is -2.40. The molecule has 0 bridgehead atoms. The van der Waals surface area contributed by atoms with E-state index in [4.69, 9.17) is 5.73 Å². The molecule has 0 aliphatic heterocycles. The number of sulfonamides is 1. The van der Waals surface area contributed by atoms with Gasteiger partial charge >= 0.3 is 0 Å². The van der Waals surface area contributed by atoms with Gasteiger partial charge in [-0.2, -0.15) is 0 Å². The Labute approximate surface area is 109 Å². The molecule has 104 valence electrons. The molecule has 1 heterocycles. The van der Waals surface area contributed by atoms with Gasteiger partial charge in [-0.1, -0.05) is 0 Å². The van der Waals surface area contributed by atoms with E-state index in [0.717, 1.165) is 5.69 Å². The topological polar surface area (TPSA) is 77.1 Å². The van der Waals surface area contributed by atoms with Crippen LogP contribution < -0.4 is 10.5 Å². The predicted octanol–water partition coefficient (Wildman–Crippen LogP) is 1.60. The lowest BCUT2D eigenvalue weighted by Gasteiger charge is -2.19. The van der Waals surface area contributed by atoms with Crippen molar-refractivity contribution >= 4 is 10.0 Å². The summed E-state index contributed by atoms with van der Waals surface area (Å²) in [4.78, 5) is 0.270. The van der Waals surface area contributed by atoms with Crippen molar-refractivity contribution in [1.82, 2.24) is 9.29 Å². The lowest BCUT2D eigenvalue weighted by atomic mass is 10.1. The molecule has 0 aromatic carbocycles. The Morgan fingerprint density at radius 1 is 1.39 bits per heavy atom. The maximum Gasteiger partial charge on any atom is 0.242 e.